The Kier molecular flexibility index (Phi) is 7.87. The average molecular weight is 536 g/mol. The van der Waals surface area contributed by atoms with E-state index in [1.165, 1.54) is 12.3 Å². The lowest BCUT2D eigenvalue weighted by molar-refractivity contribution is -0.118. The van der Waals surface area contributed by atoms with Crippen molar-refractivity contribution in [3.63, 3.8) is 0 Å². The third-order valence-corrected chi connectivity index (χ3v) is 5.95. The minimum absolute atomic E-state index is 0.0574. The summed E-state index contributed by atoms with van der Waals surface area (Å²) in [5, 5.41) is 3.01. The summed E-state index contributed by atoms with van der Waals surface area (Å²) in [4.78, 5) is 37.1. The zero-order valence-electron chi connectivity index (χ0n) is 21.6. The normalized spacial score (nSPS) is 10.6. The molecule has 8 nitrogen and oxygen atoms in total. The summed E-state index contributed by atoms with van der Waals surface area (Å²) < 4.78 is 21.9. The van der Waals surface area contributed by atoms with Crippen molar-refractivity contribution in [3.8, 4) is 28.4 Å². The topological polar surface area (TPSA) is 104 Å². The molecular weight excluding hydrogens is 510 g/mol. The molecule has 0 aliphatic rings. The lowest BCUT2D eigenvalue weighted by atomic mass is 10.1. The molecule has 0 aliphatic heterocycles. The minimum Gasteiger partial charge on any atom is -0.484 e. The van der Waals surface area contributed by atoms with Crippen LogP contribution in [0.5, 0.6) is 17.2 Å². The molecule has 8 heteroatoms. The zero-order chi connectivity index (χ0) is 27.9. The predicted octanol–water partition coefficient (Wildman–Crippen LogP) is 6.45. The summed E-state index contributed by atoms with van der Waals surface area (Å²) in [5.74, 6) is 0.0961. The highest BCUT2D eigenvalue weighted by Gasteiger charge is 2.12. The second-order valence-corrected chi connectivity index (χ2v) is 8.71. The first-order chi connectivity index (χ1) is 19.5. The molecule has 0 unspecified atom stereocenters. The number of hydrogen-bond donors (Lipinski definition) is 1. The van der Waals surface area contributed by atoms with Gasteiger partial charge in [-0.05, 0) is 66.6 Å². The van der Waals surface area contributed by atoms with Crippen molar-refractivity contribution < 1.29 is 28.2 Å². The van der Waals surface area contributed by atoms with Gasteiger partial charge in [-0.2, -0.15) is 0 Å². The van der Waals surface area contributed by atoms with Crippen molar-refractivity contribution in [1.82, 2.24) is 0 Å². The van der Waals surface area contributed by atoms with Crippen LogP contribution in [0.2, 0.25) is 0 Å². The largest absolute Gasteiger partial charge is 0.484 e. The number of carbonyl (C=O) groups is 2. The maximum atomic E-state index is 13.0. The van der Waals surface area contributed by atoms with Gasteiger partial charge in [-0.1, -0.05) is 42.5 Å². The Labute approximate surface area is 229 Å². The van der Waals surface area contributed by atoms with Gasteiger partial charge in [0, 0.05) is 11.8 Å². The lowest BCUT2D eigenvalue weighted by Crippen LogP contribution is -2.20. The number of rotatable bonds is 9. The second-order valence-electron chi connectivity index (χ2n) is 8.71. The fourth-order valence-electron chi connectivity index (χ4n) is 3.97. The van der Waals surface area contributed by atoms with Gasteiger partial charge in [0.15, 0.2) is 6.61 Å². The number of anilines is 1. The van der Waals surface area contributed by atoms with E-state index < -0.39 is 11.9 Å². The van der Waals surface area contributed by atoms with E-state index in [1.54, 1.807) is 55.5 Å². The molecule has 1 N–H and O–H groups in total. The maximum Gasteiger partial charge on any atom is 0.338 e. The first-order valence-corrected chi connectivity index (χ1v) is 12.6. The third-order valence-electron chi connectivity index (χ3n) is 5.95. The molecule has 0 aliphatic carbocycles. The summed E-state index contributed by atoms with van der Waals surface area (Å²) >= 11 is 0. The van der Waals surface area contributed by atoms with Crippen LogP contribution in [0.3, 0.4) is 0 Å². The lowest BCUT2D eigenvalue weighted by Gasteiger charge is -2.09. The molecule has 40 heavy (non-hydrogen) atoms. The van der Waals surface area contributed by atoms with Gasteiger partial charge in [-0.25, -0.2) is 4.79 Å². The van der Waals surface area contributed by atoms with Crippen LogP contribution in [0, 0.1) is 0 Å². The van der Waals surface area contributed by atoms with E-state index in [4.69, 9.17) is 18.6 Å². The molecule has 0 saturated carbocycles. The van der Waals surface area contributed by atoms with E-state index in [1.807, 2.05) is 42.5 Å². The molecule has 0 spiro atoms. The molecule has 0 atom stereocenters. The number of benzene rings is 4. The van der Waals surface area contributed by atoms with Gasteiger partial charge in [0.2, 0.25) is 11.2 Å². The molecule has 0 saturated heterocycles. The van der Waals surface area contributed by atoms with Crippen molar-refractivity contribution >= 4 is 28.5 Å². The van der Waals surface area contributed by atoms with Gasteiger partial charge in [0.25, 0.3) is 5.91 Å². The maximum absolute atomic E-state index is 13.0. The Morgan fingerprint density at radius 1 is 0.825 bits per heavy atom. The summed E-state index contributed by atoms with van der Waals surface area (Å²) in [6.07, 6.45) is 1.26. The Morgan fingerprint density at radius 3 is 2.25 bits per heavy atom. The number of esters is 1. The van der Waals surface area contributed by atoms with Crippen molar-refractivity contribution in [2.24, 2.45) is 0 Å². The van der Waals surface area contributed by atoms with Gasteiger partial charge in [-0.15, -0.1) is 0 Å². The Hall–Kier alpha value is -5.37. The van der Waals surface area contributed by atoms with E-state index in [-0.39, 0.29) is 24.4 Å². The fraction of sp³-hybridized carbons (Fsp3) is 0.0938. The number of fused-ring (bicyclic) bond motifs is 1. The van der Waals surface area contributed by atoms with Crippen molar-refractivity contribution in [3.05, 3.63) is 119 Å². The predicted molar refractivity (Wildman–Crippen MR) is 151 cm³/mol. The van der Waals surface area contributed by atoms with E-state index in [0.717, 1.165) is 11.1 Å². The highest BCUT2D eigenvalue weighted by molar-refractivity contribution is 5.93. The number of carbonyl (C=O) groups excluding carboxylic acids is 2. The van der Waals surface area contributed by atoms with Gasteiger partial charge in [0.1, 0.15) is 23.3 Å². The smallest absolute Gasteiger partial charge is 0.338 e. The monoisotopic (exact) mass is 535 g/mol. The summed E-state index contributed by atoms with van der Waals surface area (Å²) in [5.41, 5.74) is 2.98. The zero-order valence-corrected chi connectivity index (χ0v) is 21.6. The summed E-state index contributed by atoms with van der Waals surface area (Å²) in [6.45, 7) is 1.75. The van der Waals surface area contributed by atoms with Crippen molar-refractivity contribution in [2.45, 2.75) is 6.92 Å². The van der Waals surface area contributed by atoms with Crippen LogP contribution < -0.4 is 20.2 Å². The SMILES string of the molecule is CCOC(=O)c1ccc(NC(=O)COc2ccc3c(=O)c(Oc4ccc(-c5ccccc5)cc4)coc3c2)cc1. The number of hydrogen-bond acceptors (Lipinski definition) is 7. The molecule has 5 aromatic rings. The molecule has 0 radical (unpaired) electrons. The third kappa shape index (κ3) is 6.19. The molecule has 0 fully saturated rings. The average Bonchev–Trinajstić information content (AvgIpc) is 2.99. The standard InChI is InChI=1S/C32H25NO7/c1-2-37-32(36)23-8-12-24(13-9-23)33-30(34)20-38-26-16-17-27-28(18-26)39-19-29(31(27)35)40-25-14-10-22(11-15-25)21-6-4-3-5-7-21/h3-19H,2,20H2,1H3,(H,33,34). The molecule has 1 heterocycles. The quantitative estimate of drug-likeness (QED) is 0.216. The Morgan fingerprint density at radius 2 is 1.52 bits per heavy atom. The summed E-state index contributed by atoms with van der Waals surface area (Å²) in [7, 11) is 0. The molecular formula is C32H25NO7. The number of nitrogens with one attached hydrogen (secondary N) is 1. The van der Waals surface area contributed by atoms with Crippen LogP contribution in [-0.2, 0) is 9.53 Å². The van der Waals surface area contributed by atoms with E-state index in [0.29, 0.717) is 33.7 Å². The van der Waals surface area contributed by atoms with Gasteiger partial charge in [0.05, 0.1) is 17.6 Å². The summed E-state index contributed by atoms with van der Waals surface area (Å²) in [6, 6.07) is 28.4. The van der Waals surface area contributed by atoms with Gasteiger partial charge >= 0.3 is 5.97 Å². The van der Waals surface area contributed by atoms with Crippen LogP contribution in [0.1, 0.15) is 17.3 Å². The Bertz CT molecular complexity index is 1690. The Balaban J connectivity index is 1.20. The molecule has 200 valence electrons. The van der Waals surface area contributed by atoms with Crippen LogP contribution in [0.4, 0.5) is 5.69 Å². The van der Waals surface area contributed by atoms with Gasteiger partial charge in [-0.3, -0.25) is 9.59 Å². The van der Waals surface area contributed by atoms with Crippen LogP contribution in [-0.4, -0.2) is 25.1 Å². The molecule has 5 rings (SSSR count). The fourth-order valence-corrected chi connectivity index (χ4v) is 3.97. The highest BCUT2D eigenvalue weighted by Crippen LogP contribution is 2.26. The van der Waals surface area contributed by atoms with E-state index in [2.05, 4.69) is 5.32 Å². The van der Waals surface area contributed by atoms with E-state index >= 15 is 0 Å². The second kappa shape index (κ2) is 12.0. The minimum atomic E-state index is -0.428. The number of amides is 1. The number of ether oxygens (including phenoxy) is 3. The molecule has 1 aromatic heterocycles. The molecule has 4 aromatic carbocycles. The van der Waals surface area contributed by atoms with E-state index in [9.17, 15) is 14.4 Å². The van der Waals surface area contributed by atoms with Crippen LogP contribution in [0.25, 0.3) is 22.1 Å². The van der Waals surface area contributed by atoms with Crippen molar-refractivity contribution in [1.29, 1.82) is 0 Å². The molecule has 1 amide bonds. The van der Waals surface area contributed by atoms with Crippen LogP contribution in [0.15, 0.2) is 113 Å². The van der Waals surface area contributed by atoms with Gasteiger partial charge < -0.3 is 23.9 Å². The molecule has 0 bridgehead atoms. The first kappa shape index (κ1) is 26.2. The van der Waals surface area contributed by atoms with Crippen molar-refractivity contribution in [2.75, 3.05) is 18.5 Å². The first-order valence-electron chi connectivity index (χ1n) is 12.6. The van der Waals surface area contributed by atoms with Crippen LogP contribution >= 0.6 is 0 Å². The highest BCUT2D eigenvalue weighted by atomic mass is 16.5.